The van der Waals surface area contributed by atoms with Gasteiger partial charge in [-0.1, -0.05) is 46.8 Å². The van der Waals surface area contributed by atoms with Crippen LogP contribution in [0.1, 0.15) is 32.1 Å². The number of nitrogens with one attached hydrogen (secondary N) is 1. The summed E-state index contributed by atoms with van der Waals surface area (Å²) in [6, 6.07) is 0. The third-order valence-corrected chi connectivity index (χ3v) is 5.13. The number of aromatic amines is 1. The second-order valence-corrected chi connectivity index (χ2v) is 6.03. The van der Waals surface area contributed by atoms with Crippen molar-refractivity contribution in [3.63, 3.8) is 0 Å². The van der Waals surface area contributed by atoms with E-state index in [0.29, 0.717) is 6.54 Å². The fourth-order valence-corrected chi connectivity index (χ4v) is 3.50. The van der Waals surface area contributed by atoms with E-state index < -0.39 is 5.56 Å². The molecule has 1 aromatic rings. The fourth-order valence-electron chi connectivity index (χ4n) is 2.60. The van der Waals surface area contributed by atoms with Crippen LogP contribution in [0.4, 0.5) is 0 Å². The molecule has 1 fully saturated rings. The molecule has 18 heavy (non-hydrogen) atoms. The maximum atomic E-state index is 11.8. The lowest BCUT2D eigenvalue weighted by Gasteiger charge is -2.36. The normalized spacial score (nSPS) is 18.8. The molecule has 1 saturated carbocycles. The fraction of sp³-hybridized carbons (Fsp3) is 0.667. The van der Waals surface area contributed by atoms with Crippen molar-refractivity contribution in [2.75, 3.05) is 5.33 Å². The molecule has 0 bridgehead atoms. The Morgan fingerprint density at radius 3 is 2.61 bits per heavy atom. The molecule has 1 aromatic heterocycles. The van der Waals surface area contributed by atoms with E-state index in [9.17, 15) is 9.59 Å². The van der Waals surface area contributed by atoms with Crippen molar-refractivity contribution >= 4 is 27.5 Å². The first-order valence-electron chi connectivity index (χ1n) is 6.12. The third-order valence-electron chi connectivity index (χ3n) is 3.67. The van der Waals surface area contributed by atoms with Gasteiger partial charge >= 0.3 is 5.69 Å². The van der Waals surface area contributed by atoms with Crippen molar-refractivity contribution in [3.05, 3.63) is 32.1 Å². The van der Waals surface area contributed by atoms with Crippen molar-refractivity contribution < 1.29 is 0 Å². The smallest absolute Gasteiger partial charge is 0.299 e. The van der Waals surface area contributed by atoms with Crippen LogP contribution in [0, 0.1) is 5.41 Å². The Labute approximate surface area is 118 Å². The van der Waals surface area contributed by atoms with Gasteiger partial charge in [-0.3, -0.25) is 14.3 Å². The molecule has 1 N–H and O–H groups in total. The predicted octanol–water partition coefficient (Wildman–Crippen LogP) is 2.54. The molecule has 0 aromatic carbocycles. The van der Waals surface area contributed by atoms with E-state index in [4.69, 9.17) is 11.6 Å². The maximum Gasteiger partial charge on any atom is 0.328 e. The molecule has 2 rings (SSSR count). The van der Waals surface area contributed by atoms with Crippen LogP contribution >= 0.6 is 27.5 Å². The highest BCUT2D eigenvalue weighted by Gasteiger charge is 2.31. The van der Waals surface area contributed by atoms with Crippen molar-refractivity contribution in [1.29, 1.82) is 0 Å². The van der Waals surface area contributed by atoms with Crippen LogP contribution in [0.3, 0.4) is 0 Å². The van der Waals surface area contributed by atoms with Gasteiger partial charge in [-0.25, -0.2) is 4.79 Å². The molecule has 0 spiro atoms. The van der Waals surface area contributed by atoms with E-state index in [1.807, 2.05) is 0 Å². The minimum atomic E-state index is -0.519. The summed E-state index contributed by atoms with van der Waals surface area (Å²) in [7, 11) is 0. The zero-order chi connectivity index (χ0) is 13.2. The Hall–Kier alpha value is -0.550. The number of rotatable bonds is 3. The van der Waals surface area contributed by atoms with Crippen LogP contribution in [-0.4, -0.2) is 14.9 Å². The summed E-state index contributed by atoms with van der Waals surface area (Å²) in [6.07, 6.45) is 7.29. The molecule has 0 saturated heterocycles. The lowest BCUT2D eigenvalue weighted by molar-refractivity contribution is 0.188. The average Bonchev–Trinajstić information content (AvgIpc) is 2.37. The van der Waals surface area contributed by atoms with Crippen LogP contribution in [0.25, 0.3) is 0 Å². The van der Waals surface area contributed by atoms with Crippen molar-refractivity contribution in [2.24, 2.45) is 5.41 Å². The number of hydrogen-bond donors (Lipinski definition) is 1. The van der Waals surface area contributed by atoms with Gasteiger partial charge in [0.1, 0.15) is 5.02 Å². The van der Waals surface area contributed by atoms with E-state index in [-0.39, 0.29) is 16.1 Å². The summed E-state index contributed by atoms with van der Waals surface area (Å²) in [5.41, 5.74) is -0.798. The second-order valence-electron chi connectivity index (χ2n) is 5.06. The Balaban J connectivity index is 2.29. The zero-order valence-electron chi connectivity index (χ0n) is 10.0. The standard InChI is InChI=1S/C12H16BrClN2O2/c13-7-12(4-2-1-3-5-12)8-16-6-9(14)10(17)15-11(16)18/h6H,1-5,7-8H2,(H,15,17,18). The van der Waals surface area contributed by atoms with Crippen molar-refractivity contribution in [1.82, 2.24) is 9.55 Å². The Morgan fingerprint density at radius 1 is 1.33 bits per heavy atom. The Bertz CT molecular complexity index is 532. The first-order valence-corrected chi connectivity index (χ1v) is 7.61. The van der Waals surface area contributed by atoms with Gasteiger partial charge in [-0.2, -0.15) is 0 Å². The summed E-state index contributed by atoms with van der Waals surface area (Å²) in [5.74, 6) is 0. The summed E-state index contributed by atoms with van der Waals surface area (Å²) < 4.78 is 1.52. The molecule has 0 unspecified atom stereocenters. The molecule has 0 radical (unpaired) electrons. The lowest BCUT2D eigenvalue weighted by atomic mass is 9.75. The number of alkyl halides is 1. The van der Waals surface area contributed by atoms with E-state index in [2.05, 4.69) is 20.9 Å². The molecule has 0 aliphatic heterocycles. The van der Waals surface area contributed by atoms with Gasteiger partial charge in [0.25, 0.3) is 5.56 Å². The molecule has 4 nitrogen and oxygen atoms in total. The van der Waals surface area contributed by atoms with Crippen LogP contribution in [0.15, 0.2) is 15.8 Å². The van der Waals surface area contributed by atoms with Crippen LogP contribution in [0.2, 0.25) is 5.02 Å². The zero-order valence-corrected chi connectivity index (χ0v) is 12.4. The number of aromatic nitrogens is 2. The number of halogens is 2. The largest absolute Gasteiger partial charge is 0.328 e. The number of hydrogen-bond acceptors (Lipinski definition) is 2. The molecule has 6 heteroatoms. The average molecular weight is 336 g/mol. The molecular weight excluding hydrogens is 320 g/mol. The van der Waals surface area contributed by atoms with Crippen LogP contribution < -0.4 is 11.2 Å². The van der Waals surface area contributed by atoms with Gasteiger partial charge in [0.2, 0.25) is 0 Å². The monoisotopic (exact) mass is 334 g/mol. The SMILES string of the molecule is O=c1[nH]c(=O)n(CC2(CBr)CCCCC2)cc1Cl. The third kappa shape index (κ3) is 2.88. The second kappa shape index (κ2) is 5.61. The summed E-state index contributed by atoms with van der Waals surface area (Å²) >= 11 is 9.34. The minimum absolute atomic E-state index is 0.0649. The topological polar surface area (TPSA) is 54.9 Å². The summed E-state index contributed by atoms with van der Waals surface area (Å²) in [6.45, 7) is 0.605. The van der Waals surface area contributed by atoms with Crippen LogP contribution in [-0.2, 0) is 6.54 Å². The van der Waals surface area contributed by atoms with Gasteiger partial charge in [-0.15, -0.1) is 0 Å². The minimum Gasteiger partial charge on any atom is -0.299 e. The van der Waals surface area contributed by atoms with E-state index in [0.717, 1.165) is 18.2 Å². The van der Waals surface area contributed by atoms with E-state index >= 15 is 0 Å². The van der Waals surface area contributed by atoms with Gasteiger partial charge in [0, 0.05) is 18.1 Å². The summed E-state index contributed by atoms with van der Waals surface area (Å²) in [4.78, 5) is 25.2. The molecule has 0 amide bonds. The van der Waals surface area contributed by atoms with E-state index in [1.54, 1.807) is 0 Å². The molecule has 0 atom stereocenters. The van der Waals surface area contributed by atoms with Gasteiger partial charge in [-0.05, 0) is 18.3 Å². The first kappa shape index (κ1) is 13.9. The van der Waals surface area contributed by atoms with Gasteiger partial charge in [0.15, 0.2) is 0 Å². The molecule has 100 valence electrons. The van der Waals surface area contributed by atoms with Gasteiger partial charge in [0.05, 0.1) is 0 Å². The number of nitrogens with zero attached hydrogens (tertiary/aromatic N) is 1. The highest BCUT2D eigenvalue weighted by Crippen LogP contribution is 2.39. The highest BCUT2D eigenvalue weighted by molar-refractivity contribution is 9.09. The number of H-pyrrole nitrogens is 1. The lowest BCUT2D eigenvalue weighted by Crippen LogP contribution is -2.38. The van der Waals surface area contributed by atoms with Gasteiger partial charge < -0.3 is 0 Å². The Kier molecular flexibility index (Phi) is 4.33. The Morgan fingerprint density at radius 2 is 2.00 bits per heavy atom. The first-order chi connectivity index (χ1) is 8.56. The molecule has 1 aliphatic rings. The highest BCUT2D eigenvalue weighted by atomic mass is 79.9. The molecular formula is C12H16BrClN2O2. The predicted molar refractivity (Wildman–Crippen MR) is 75.6 cm³/mol. The van der Waals surface area contributed by atoms with Crippen molar-refractivity contribution in [3.8, 4) is 0 Å². The maximum absolute atomic E-state index is 11.8. The molecule has 1 aliphatic carbocycles. The van der Waals surface area contributed by atoms with Crippen LogP contribution in [0.5, 0.6) is 0 Å². The molecule has 1 heterocycles. The summed E-state index contributed by atoms with van der Waals surface area (Å²) in [5, 5.41) is 0.929. The quantitative estimate of drug-likeness (QED) is 0.863. The van der Waals surface area contributed by atoms with E-state index in [1.165, 1.54) is 30.0 Å². The van der Waals surface area contributed by atoms with Crippen molar-refractivity contribution in [2.45, 2.75) is 38.6 Å².